The van der Waals surface area contributed by atoms with E-state index in [0.29, 0.717) is 16.8 Å². The van der Waals surface area contributed by atoms with Crippen LogP contribution in [0.4, 0.5) is 13.2 Å². The zero-order chi connectivity index (χ0) is 25.7. The first kappa shape index (κ1) is 26.4. The molecule has 0 atom stereocenters. The number of rotatable bonds is 9. The van der Waals surface area contributed by atoms with Crippen LogP contribution in [0.3, 0.4) is 0 Å². The fraction of sp³-hybridized carbons (Fsp3) is 0.517. The lowest BCUT2D eigenvalue weighted by Gasteiger charge is -2.36. The van der Waals surface area contributed by atoms with Gasteiger partial charge in [-0.25, -0.2) is 0 Å². The van der Waals surface area contributed by atoms with E-state index >= 15 is 0 Å². The van der Waals surface area contributed by atoms with Crippen LogP contribution in [0.2, 0.25) is 0 Å². The molecule has 1 aliphatic heterocycles. The molecule has 2 fully saturated rings. The molecule has 36 heavy (non-hydrogen) atoms. The summed E-state index contributed by atoms with van der Waals surface area (Å²) in [5.74, 6) is 0.130. The number of aldehydes is 1. The third kappa shape index (κ3) is 6.36. The maximum atomic E-state index is 13.8. The Kier molecular flexibility index (Phi) is 8.50. The molecule has 7 heteroatoms. The van der Waals surface area contributed by atoms with Gasteiger partial charge in [-0.2, -0.15) is 13.2 Å². The molecular weight excluding hydrogens is 465 g/mol. The van der Waals surface area contributed by atoms with E-state index in [4.69, 9.17) is 4.84 Å². The molecule has 0 aromatic heterocycles. The molecule has 1 saturated heterocycles. The second-order valence-electron chi connectivity index (χ2n) is 10.1. The van der Waals surface area contributed by atoms with Crippen molar-refractivity contribution in [1.29, 1.82) is 0 Å². The van der Waals surface area contributed by atoms with E-state index in [1.807, 2.05) is 13.0 Å². The molecule has 4 nitrogen and oxygen atoms in total. The van der Waals surface area contributed by atoms with E-state index in [1.165, 1.54) is 17.2 Å². The lowest BCUT2D eigenvalue weighted by molar-refractivity contribution is -0.138. The summed E-state index contributed by atoms with van der Waals surface area (Å²) in [4.78, 5) is 18.6. The quantitative estimate of drug-likeness (QED) is 0.214. The highest BCUT2D eigenvalue weighted by molar-refractivity contribution is 5.98. The largest absolute Gasteiger partial charge is 0.416 e. The first-order valence-corrected chi connectivity index (χ1v) is 12.9. The molecule has 4 rings (SSSR count). The first-order chi connectivity index (χ1) is 17.3. The zero-order valence-electron chi connectivity index (χ0n) is 21.1. The van der Waals surface area contributed by atoms with Crippen LogP contribution in [-0.2, 0) is 35.4 Å². The molecule has 0 amide bonds. The van der Waals surface area contributed by atoms with E-state index < -0.39 is 11.7 Å². The van der Waals surface area contributed by atoms with Gasteiger partial charge in [-0.05, 0) is 72.1 Å². The van der Waals surface area contributed by atoms with Gasteiger partial charge in [0.25, 0.3) is 0 Å². The molecule has 0 unspecified atom stereocenters. The number of likely N-dealkylation sites (tertiary alicyclic amines) is 1. The summed E-state index contributed by atoms with van der Waals surface area (Å²) in [5, 5.41) is 4.19. The highest BCUT2D eigenvalue weighted by Gasteiger charge is 2.35. The molecular formula is C29H35F3N2O2. The Bertz CT molecular complexity index is 1080. The van der Waals surface area contributed by atoms with Gasteiger partial charge < -0.3 is 9.63 Å². The van der Waals surface area contributed by atoms with Gasteiger partial charge in [0.05, 0.1) is 11.3 Å². The van der Waals surface area contributed by atoms with Crippen LogP contribution in [0.5, 0.6) is 0 Å². The maximum absolute atomic E-state index is 13.8. The summed E-state index contributed by atoms with van der Waals surface area (Å²) in [7, 11) is 0. The summed E-state index contributed by atoms with van der Waals surface area (Å²) >= 11 is 0. The number of alkyl halides is 3. The molecule has 0 N–H and O–H groups in total. The van der Waals surface area contributed by atoms with Crippen LogP contribution in [-0.4, -0.2) is 30.0 Å². The number of halogens is 3. The number of benzene rings is 2. The molecule has 194 valence electrons. The van der Waals surface area contributed by atoms with Gasteiger partial charge in [0.15, 0.2) is 0 Å². The van der Waals surface area contributed by atoms with Crippen molar-refractivity contribution in [2.24, 2.45) is 11.1 Å². The standard InChI is InChI=1S/C29H35F3N2O2/c1-3-23-14-25(10-11-26(23)17-34-15-22(16-34)18-35)20(2)33-36-19-21-9-12-27(24-7-5-4-6-8-24)28(13-21)29(30,31)32/h9-14,18,22,24H,3-8,15-17,19H2,1-2H3/b33-20+. The Morgan fingerprint density at radius 3 is 2.50 bits per heavy atom. The first-order valence-electron chi connectivity index (χ1n) is 12.9. The third-order valence-electron chi connectivity index (χ3n) is 7.48. The van der Waals surface area contributed by atoms with Crippen molar-refractivity contribution in [2.45, 2.75) is 77.6 Å². The minimum absolute atomic E-state index is 0.0169. The Morgan fingerprint density at radius 1 is 1.08 bits per heavy atom. The summed E-state index contributed by atoms with van der Waals surface area (Å²) < 4.78 is 41.4. The van der Waals surface area contributed by atoms with Gasteiger partial charge in [0.1, 0.15) is 12.9 Å². The van der Waals surface area contributed by atoms with Gasteiger partial charge in [-0.1, -0.05) is 55.6 Å². The second-order valence-corrected chi connectivity index (χ2v) is 10.1. The van der Waals surface area contributed by atoms with Crippen LogP contribution in [0.15, 0.2) is 41.6 Å². The number of nitrogens with zero attached hydrogens (tertiary/aromatic N) is 2. The predicted octanol–water partition coefficient (Wildman–Crippen LogP) is 6.89. The van der Waals surface area contributed by atoms with Crippen molar-refractivity contribution in [3.05, 3.63) is 69.8 Å². The van der Waals surface area contributed by atoms with Gasteiger partial charge in [0, 0.05) is 25.6 Å². The zero-order valence-corrected chi connectivity index (χ0v) is 21.1. The van der Waals surface area contributed by atoms with Crippen molar-refractivity contribution in [3.8, 4) is 0 Å². The second kappa shape index (κ2) is 11.6. The summed E-state index contributed by atoms with van der Waals surface area (Å²) in [5.41, 5.74) is 4.39. The van der Waals surface area contributed by atoms with Crippen LogP contribution < -0.4 is 0 Å². The molecule has 2 aromatic carbocycles. The normalized spacial score (nSPS) is 18.2. The lowest BCUT2D eigenvalue weighted by atomic mass is 9.81. The molecule has 0 bridgehead atoms. The van der Waals surface area contributed by atoms with Crippen molar-refractivity contribution >= 4 is 12.0 Å². The molecule has 0 spiro atoms. The topological polar surface area (TPSA) is 41.9 Å². The Morgan fingerprint density at radius 2 is 1.83 bits per heavy atom. The summed E-state index contributed by atoms with van der Waals surface area (Å²) in [6.45, 7) is 6.35. The van der Waals surface area contributed by atoms with Gasteiger partial charge in [0.2, 0.25) is 0 Å². The van der Waals surface area contributed by atoms with Crippen LogP contribution >= 0.6 is 0 Å². The summed E-state index contributed by atoms with van der Waals surface area (Å²) in [6.07, 6.45) is 2.22. The molecule has 1 saturated carbocycles. The molecule has 2 aliphatic rings. The van der Waals surface area contributed by atoms with Crippen LogP contribution in [0, 0.1) is 5.92 Å². The molecule has 1 heterocycles. The van der Waals surface area contributed by atoms with E-state index in [2.05, 4.69) is 29.1 Å². The van der Waals surface area contributed by atoms with Crippen LogP contribution in [0.1, 0.15) is 85.3 Å². The summed E-state index contributed by atoms with van der Waals surface area (Å²) in [6, 6.07) is 10.8. The van der Waals surface area contributed by atoms with E-state index in [-0.39, 0.29) is 18.4 Å². The van der Waals surface area contributed by atoms with Crippen molar-refractivity contribution < 1.29 is 22.8 Å². The third-order valence-corrected chi connectivity index (χ3v) is 7.48. The number of carbonyl (C=O) groups is 1. The smallest absolute Gasteiger partial charge is 0.391 e. The fourth-order valence-corrected chi connectivity index (χ4v) is 5.36. The lowest BCUT2D eigenvalue weighted by Crippen LogP contribution is -2.46. The highest BCUT2D eigenvalue weighted by Crippen LogP contribution is 2.41. The van der Waals surface area contributed by atoms with Crippen molar-refractivity contribution in [2.75, 3.05) is 13.1 Å². The average molecular weight is 501 g/mol. The number of hydrogen-bond donors (Lipinski definition) is 0. The number of hydrogen-bond acceptors (Lipinski definition) is 4. The Labute approximate surface area is 211 Å². The number of aryl methyl sites for hydroxylation is 1. The number of carbonyl (C=O) groups excluding carboxylic acids is 1. The van der Waals surface area contributed by atoms with Crippen molar-refractivity contribution in [3.63, 3.8) is 0 Å². The molecule has 0 radical (unpaired) electrons. The SMILES string of the molecule is CCc1cc(/C(C)=N/OCc2ccc(C3CCCCC3)c(C(F)(F)F)c2)ccc1CN1CC(C=O)C1. The maximum Gasteiger partial charge on any atom is 0.416 e. The predicted molar refractivity (Wildman–Crippen MR) is 135 cm³/mol. The van der Waals surface area contributed by atoms with E-state index in [1.54, 1.807) is 12.1 Å². The van der Waals surface area contributed by atoms with Crippen LogP contribution in [0.25, 0.3) is 0 Å². The van der Waals surface area contributed by atoms with Gasteiger partial charge in [-0.15, -0.1) is 0 Å². The Balaban J connectivity index is 1.41. The van der Waals surface area contributed by atoms with Gasteiger partial charge >= 0.3 is 6.18 Å². The monoisotopic (exact) mass is 500 g/mol. The van der Waals surface area contributed by atoms with E-state index in [0.717, 1.165) is 70.0 Å². The molecule has 2 aromatic rings. The Hall–Kier alpha value is -2.67. The van der Waals surface area contributed by atoms with Gasteiger partial charge in [-0.3, -0.25) is 4.90 Å². The average Bonchev–Trinajstić information content (AvgIpc) is 2.85. The minimum atomic E-state index is -4.38. The minimum Gasteiger partial charge on any atom is -0.391 e. The molecule has 1 aliphatic carbocycles. The van der Waals surface area contributed by atoms with E-state index in [9.17, 15) is 18.0 Å². The fourth-order valence-electron chi connectivity index (χ4n) is 5.36. The highest BCUT2D eigenvalue weighted by atomic mass is 19.4. The van der Waals surface area contributed by atoms with Crippen molar-refractivity contribution in [1.82, 2.24) is 4.90 Å². The number of oxime groups is 1.